The number of nitrogens with zero attached hydrogens (tertiary/aromatic N) is 2. The fraction of sp³-hybridized carbons (Fsp3) is 0.733. The SMILES string of the molecule is Cn1cc(C(=O)O)c(C2C3CC4CC(C3)CC2C4)n1. The van der Waals surface area contributed by atoms with E-state index in [0.717, 1.165) is 17.5 Å². The van der Waals surface area contributed by atoms with Gasteiger partial charge in [-0.05, 0) is 55.8 Å². The van der Waals surface area contributed by atoms with Crippen molar-refractivity contribution < 1.29 is 9.90 Å². The van der Waals surface area contributed by atoms with Gasteiger partial charge in [0.15, 0.2) is 0 Å². The summed E-state index contributed by atoms with van der Waals surface area (Å²) < 4.78 is 1.67. The minimum Gasteiger partial charge on any atom is -0.478 e. The van der Waals surface area contributed by atoms with Crippen LogP contribution in [0.3, 0.4) is 0 Å². The number of rotatable bonds is 2. The third-order valence-electron chi connectivity index (χ3n) is 5.63. The van der Waals surface area contributed by atoms with E-state index in [1.165, 1.54) is 32.1 Å². The number of carboxylic acid groups (broad SMARTS) is 1. The summed E-state index contributed by atoms with van der Waals surface area (Å²) >= 11 is 0. The van der Waals surface area contributed by atoms with Gasteiger partial charge in [0.05, 0.1) is 5.69 Å². The first-order valence-electron chi connectivity index (χ1n) is 7.38. The Morgan fingerprint density at radius 1 is 1.21 bits per heavy atom. The highest BCUT2D eigenvalue weighted by atomic mass is 16.4. The number of aromatic nitrogens is 2. The number of hydrogen-bond acceptors (Lipinski definition) is 2. The second-order valence-electron chi connectivity index (χ2n) is 6.86. The van der Waals surface area contributed by atoms with E-state index in [1.807, 2.05) is 7.05 Å². The van der Waals surface area contributed by atoms with Gasteiger partial charge in [0.1, 0.15) is 5.56 Å². The molecule has 0 aliphatic heterocycles. The Balaban J connectivity index is 1.74. The summed E-state index contributed by atoms with van der Waals surface area (Å²) in [4.78, 5) is 11.4. The summed E-state index contributed by atoms with van der Waals surface area (Å²) in [6.45, 7) is 0. The Labute approximate surface area is 112 Å². The molecule has 0 aromatic carbocycles. The van der Waals surface area contributed by atoms with Crippen molar-refractivity contribution in [2.45, 2.75) is 38.0 Å². The molecule has 0 radical (unpaired) electrons. The molecule has 1 N–H and O–H groups in total. The number of hydrogen-bond donors (Lipinski definition) is 1. The van der Waals surface area contributed by atoms with Crippen LogP contribution >= 0.6 is 0 Å². The molecule has 4 nitrogen and oxygen atoms in total. The van der Waals surface area contributed by atoms with Crippen molar-refractivity contribution in [3.05, 3.63) is 17.5 Å². The van der Waals surface area contributed by atoms with Gasteiger partial charge < -0.3 is 5.11 Å². The number of aryl methyl sites for hydroxylation is 1. The van der Waals surface area contributed by atoms with Crippen LogP contribution in [0.5, 0.6) is 0 Å². The molecule has 0 atom stereocenters. The topological polar surface area (TPSA) is 55.1 Å². The van der Waals surface area contributed by atoms with Gasteiger partial charge in [0.2, 0.25) is 0 Å². The summed E-state index contributed by atoms with van der Waals surface area (Å²) in [6, 6.07) is 0. The van der Waals surface area contributed by atoms with Crippen molar-refractivity contribution >= 4 is 5.97 Å². The van der Waals surface area contributed by atoms with Crippen LogP contribution < -0.4 is 0 Å². The van der Waals surface area contributed by atoms with Crippen LogP contribution in [0.15, 0.2) is 6.20 Å². The van der Waals surface area contributed by atoms with Crippen molar-refractivity contribution in [2.75, 3.05) is 0 Å². The molecule has 5 rings (SSSR count). The Morgan fingerprint density at radius 3 is 2.32 bits per heavy atom. The van der Waals surface area contributed by atoms with Gasteiger partial charge in [-0.2, -0.15) is 5.10 Å². The lowest BCUT2D eigenvalue weighted by Gasteiger charge is -2.54. The van der Waals surface area contributed by atoms with Crippen molar-refractivity contribution in [3.8, 4) is 0 Å². The zero-order valence-electron chi connectivity index (χ0n) is 11.2. The molecule has 0 amide bonds. The fourth-order valence-corrected chi connectivity index (χ4v) is 5.29. The molecule has 4 aliphatic carbocycles. The monoisotopic (exact) mass is 260 g/mol. The van der Waals surface area contributed by atoms with Crippen molar-refractivity contribution in [2.24, 2.45) is 30.7 Å². The average molecular weight is 260 g/mol. The lowest BCUT2D eigenvalue weighted by Crippen LogP contribution is -2.44. The Kier molecular flexibility index (Phi) is 2.32. The molecule has 1 aromatic rings. The normalized spacial score (nSPS) is 39.7. The molecule has 4 heteroatoms. The predicted molar refractivity (Wildman–Crippen MR) is 70.0 cm³/mol. The van der Waals surface area contributed by atoms with E-state index in [0.29, 0.717) is 23.3 Å². The summed E-state index contributed by atoms with van der Waals surface area (Å²) in [6.07, 6.45) is 8.29. The van der Waals surface area contributed by atoms with E-state index in [2.05, 4.69) is 5.10 Å². The molecule has 1 aromatic heterocycles. The molecule has 0 spiro atoms. The molecule has 4 aliphatic rings. The third-order valence-corrected chi connectivity index (χ3v) is 5.63. The van der Waals surface area contributed by atoms with E-state index in [4.69, 9.17) is 0 Å². The molecule has 102 valence electrons. The van der Waals surface area contributed by atoms with E-state index in [1.54, 1.807) is 10.9 Å². The van der Waals surface area contributed by atoms with Crippen LogP contribution in [0.25, 0.3) is 0 Å². The average Bonchev–Trinajstić information content (AvgIpc) is 2.70. The molecule has 4 bridgehead atoms. The third kappa shape index (κ3) is 1.65. The van der Waals surface area contributed by atoms with Crippen molar-refractivity contribution in [3.63, 3.8) is 0 Å². The van der Waals surface area contributed by atoms with E-state index >= 15 is 0 Å². The standard InChI is InChI=1S/C15H20N2O2/c1-17-7-12(15(18)19)14(16-17)13-10-3-8-2-9(5-10)6-11(13)4-8/h7-11,13H,2-6H2,1H3,(H,18,19). The first kappa shape index (κ1) is 11.5. The zero-order valence-corrected chi connectivity index (χ0v) is 11.2. The van der Waals surface area contributed by atoms with Gasteiger partial charge >= 0.3 is 5.97 Å². The van der Waals surface area contributed by atoms with Crippen LogP contribution in [-0.2, 0) is 7.05 Å². The molecule has 4 saturated carbocycles. The quantitative estimate of drug-likeness (QED) is 0.889. The second kappa shape index (κ2) is 3.84. The highest BCUT2D eigenvalue weighted by Gasteiger charge is 2.50. The smallest absolute Gasteiger partial charge is 0.339 e. The zero-order chi connectivity index (χ0) is 13.1. The first-order valence-corrected chi connectivity index (χ1v) is 7.38. The highest BCUT2D eigenvalue weighted by Crippen LogP contribution is 2.59. The highest BCUT2D eigenvalue weighted by molar-refractivity contribution is 5.88. The van der Waals surface area contributed by atoms with Crippen LogP contribution in [0.4, 0.5) is 0 Å². The largest absolute Gasteiger partial charge is 0.478 e. The number of carbonyl (C=O) groups is 1. The minimum absolute atomic E-state index is 0.403. The second-order valence-corrected chi connectivity index (χ2v) is 6.86. The molecule has 0 unspecified atom stereocenters. The first-order chi connectivity index (χ1) is 9.11. The maximum absolute atomic E-state index is 11.4. The lowest BCUT2D eigenvalue weighted by atomic mass is 9.51. The summed E-state index contributed by atoms with van der Waals surface area (Å²) in [5, 5.41) is 13.9. The van der Waals surface area contributed by atoms with Gasteiger partial charge in [-0.1, -0.05) is 0 Å². The van der Waals surface area contributed by atoms with E-state index in [-0.39, 0.29) is 0 Å². The van der Waals surface area contributed by atoms with Crippen molar-refractivity contribution in [1.82, 2.24) is 9.78 Å². The Morgan fingerprint density at radius 2 is 1.79 bits per heavy atom. The van der Waals surface area contributed by atoms with Crippen LogP contribution in [0.1, 0.15) is 54.1 Å². The lowest BCUT2D eigenvalue weighted by molar-refractivity contribution is -0.00466. The van der Waals surface area contributed by atoms with Gasteiger partial charge in [-0.15, -0.1) is 0 Å². The van der Waals surface area contributed by atoms with E-state index in [9.17, 15) is 9.90 Å². The summed E-state index contributed by atoms with van der Waals surface area (Å²) in [5.41, 5.74) is 1.30. The van der Waals surface area contributed by atoms with Gasteiger partial charge in [0.25, 0.3) is 0 Å². The van der Waals surface area contributed by atoms with Crippen molar-refractivity contribution in [1.29, 1.82) is 0 Å². The Bertz CT molecular complexity index is 506. The molecule has 19 heavy (non-hydrogen) atoms. The maximum atomic E-state index is 11.4. The predicted octanol–water partition coefficient (Wildman–Crippen LogP) is 2.66. The van der Waals surface area contributed by atoms with Gasteiger partial charge in [-0.25, -0.2) is 4.79 Å². The maximum Gasteiger partial charge on any atom is 0.339 e. The van der Waals surface area contributed by atoms with Crippen LogP contribution in [0, 0.1) is 23.7 Å². The van der Waals surface area contributed by atoms with Gasteiger partial charge in [-0.3, -0.25) is 4.68 Å². The number of carboxylic acids is 1. The Hall–Kier alpha value is -1.32. The fourth-order valence-electron chi connectivity index (χ4n) is 5.29. The molecule has 1 heterocycles. The number of aromatic carboxylic acids is 1. The summed E-state index contributed by atoms with van der Waals surface area (Å²) in [7, 11) is 1.83. The molecular formula is C15H20N2O2. The molecule has 0 saturated heterocycles. The van der Waals surface area contributed by atoms with Crippen LogP contribution in [-0.4, -0.2) is 20.9 Å². The van der Waals surface area contributed by atoms with Gasteiger partial charge in [0, 0.05) is 19.2 Å². The summed E-state index contributed by atoms with van der Waals surface area (Å²) in [5.74, 6) is 2.77. The molecule has 4 fully saturated rings. The van der Waals surface area contributed by atoms with E-state index < -0.39 is 5.97 Å². The molecular weight excluding hydrogens is 240 g/mol. The minimum atomic E-state index is -0.822. The van der Waals surface area contributed by atoms with Crippen LogP contribution in [0.2, 0.25) is 0 Å².